The number of amides is 1. The van der Waals surface area contributed by atoms with E-state index in [1.807, 2.05) is 0 Å². The van der Waals surface area contributed by atoms with Crippen molar-refractivity contribution in [2.75, 3.05) is 6.54 Å². The molecule has 6 heteroatoms. The highest BCUT2D eigenvalue weighted by Crippen LogP contribution is 2.17. The van der Waals surface area contributed by atoms with Gasteiger partial charge in [0, 0.05) is 18.2 Å². The van der Waals surface area contributed by atoms with Gasteiger partial charge in [-0.3, -0.25) is 14.9 Å². The van der Waals surface area contributed by atoms with Gasteiger partial charge in [-0.15, -0.1) is 6.58 Å². The molecule has 1 aromatic rings. The summed E-state index contributed by atoms with van der Waals surface area (Å²) in [6, 6.07) is 3.03. The molecule has 0 saturated carbocycles. The van der Waals surface area contributed by atoms with Gasteiger partial charge < -0.3 is 5.32 Å². The molecule has 0 bridgehead atoms. The van der Waals surface area contributed by atoms with Crippen LogP contribution in [-0.2, 0) is 0 Å². The highest BCUT2D eigenvalue weighted by molar-refractivity contribution is 5.94. The lowest BCUT2D eigenvalue weighted by Crippen LogP contribution is -2.24. The fourth-order valence-electron chi connectivity index (χ4n) is 1.19. The molecule has 0 aromatic heterocycles. The Balaban J connectivity index is 2.79. The Bertz CT molecular complexity index is 460. The molecule has 90 valence electrons. The minimum Gasteiger partial charge on any atom is -0.352 e. The second-order valence-corrected chi connectivity index (χ2v) is 3.26. The maximum Gasteiger partial charge on any atom is 0.304 e. The normalized spacial score (nSPS) is 9.71. The summed E-state index contributed by atoms with van der Waals surface area (Å²) < 4.78 is 13.2. The Hall–Kier alpha value is -2.24. The number of nitro groups is 1. The average molecular weight is 238 g/mol. The highest BCUT2D eigenvalue weighted by atomic mass is 19.1. The summed E-state index contributed by atoms with van der Waals surface area (Å²) in [5, 5.41) is 12.9. The van der Waals surface area contributed by atoms with Crippen LogP contribution in [0.1, 0.15) is 16.8 Å². The lowest BCUT2D eigenvalue weighted by molar-refractivity contribution is -0.387. The monoisotopic (exact) mass is 238 g/mol. The zero-order valence-electron chi connectivity index (χ0n) is 8.98. The molecule has 1 amide bonds. The van der Waals surface area contributed by atoms with Crippen molar-refractivity contribution in [3.63, 3.8) is 0 Å². The quantitative estimate of drug-likeness (QED) is 0.369. The minimum absolute atomic E-state index is 0.0529. The fraction of sp³-hybridized carbons (Fsp3) is 0.182. The lowest BCUT2D eigenvalue weighted by atomic mass is 10.2. The van der Waals surface area contributed by atoms with Crippen LogP contribution in [0.5, 0.6) is 0 Å². The SMILES string of the molecule is C=CCCNC(=O)c1ccc([N+](=O)[O-])c(F)c1. The van der Waals surface area contributed by atoms with Crippen LogP contribution >= 0.6 is 0 Å². The fourth-order valence-corrected chi connectivity index (χ4v) is 1.19. The summed E-state index contributed by atoms with van der Waals surface area (Å²) in [5.41, 5.74) is -0.593. The second-order valence-electron chi connectivity index (χ2n) is 3.26. The van der Waals surface area contributed by atoms with Gasteiger partial charge >= 0.3 is 5.69 Å². The van der Waals surface area contributed by atoms with Crippen molar-refractivity contribution in [1.82, 2.24) is 5.32 Å². The first-order chi connectivity index (χ1) is 8.06. The Labute approximate surface area is 97.1 Å². The molecule has 0 saturated heterocycles. The summed E-state index contributed by atoms with van der Waals surface area (Å²) in [6.45, 7) is 3.88. The number of nitrogens with zero attached hydrogens (tertiary/aromatic N) is 1. The third kappa shape index (κ3) is 3.37. The van der Waals surface area contributed by atoms with E-state index in [0.717, 1.165) is 12.1 Å². The average Bonchev–Trinajstić information content (AvgIpc) is 2.28. The van der Waals surface area contributed by atoms with Crippen LogP contribution in [0.4, 0.5) is 10.1 Å². The topological polar surface area (TPSA) is 72.2 Å². The first kappa shape index (κ1) is 12.8. The van der Waals surface area contributed by atoms with Crippen LogP contribution in [0.15, 0.2) is 30.9 Å². The molecule has 0 spiro atoms. The second kappa shape index (κ2) is 5.74. The van der Waals surface area contributed by atoms with Gasteiger partial charge in [-0.1, -0.05) is 6.08 Å². The van der Waals surface area contributed by atoms with E-state index in [1.165, 1.54) is 6.07 Å². The third-order valence-corrected chi connectivity index (χ3v) is 2.04. The van der Waals surface area contributed by atoms with E-state index in [-0.39, 0.29) is 5.56 Å². The van der Waals surface area contributed by atoms with Crippen LogP contribution in [-0.4, -0.2) is 17.4 Å². The van der Waals surface area contributed by atoms with Crippen LogP contribution < -0.4 is 5.32 Å². The summed E-state index contributed by atoms with van der Waals surface area (Å²) in [7, 11) is 0. The van der Waals surface area contributed by atoms with E-state index in [4.69, 9.17) is 0 Å². The Morgan fingerprint density at radius 3 is 2.82 bits per heavy atom. The maximum atomic E-state index is 13.2. The molecular formula is C11H11FN2O3. The molecule has 0 atom stereocenters. The van der Waals surface area contributed by atoms with Gasteiger partial charge in [0.1, 0.15) is 0 Å². The predicted octanol–water partition coefficient (Wildman–Crippen LogP) is 2.04. The van der Waals surface area contributed by atoms with Crippen molar-refractivity contribution in [1.29, 1.82) is 0 Å². The lowest BCUT2D eigenvalue weighted by Gasteiger charge is -2.03. The first-order valence-electron chi connectivity index (χ1n) is 4.89. The van der Waals surface area contributed by atoms with E-state index in [2.05, 4.69) is 11.9 Å². The van der Waals surface area contributed by atoms with Crippen LogP contribution in [0, 0.1) is 15.9 Å². The minimum atomic E-state index is -1.02. The third-order valence-electron chi connectivity index (χ3n) is 2.04. The summed E-state index contributed by atoms with van der Waals surface area (Å²) in [5.74, 6) is -1.49. The van der Waals surface area contributed by atoms with Gasteiger partial charge in [0.25, 0.3) is 5.91 Å². The number of nitro benzene ring substituents is 1. The molecule has 0 aliphatic heterocycles. The molecule has 0 fully saturated rings. The van der Waals surface area contributed by atoms with Crippen molar-refractivity contribution in [3.05, 3.63) is 52.3 Å². The summed E-state index contributed by atoms with van der Waals surface area (Å²) in [6.07, 6.45) is 2.23. The Kier molecular flexibility index (Phi) is 4.33. The zero-order chi connectivity index (χ0) is 12.8. The number of carbonyl (C=O) groups is 1. The molecule has 5 nitrogen and oxygen atoms in total. The molecule has 1 N–H and O–H groups in total. The van der Waals surface area contributed by atoms with Crippen molar-refractivity contribution in [3.8, 4) is 0 Å². The van der Waals surface area contributed by atoms with Crippen LogP contribution in [0.25, 0.3) is 0 Å². The van der Waals surface area contributed by atoms with Gasteiger partial charge in [0.2, 0.25) is 5.82 Å². The largest absolute Gasteiger partial charge is 0.352 e. The molecule has 0 radical (unpaired) electrons. The molecule has 1 rings (SSSR count). The highest BCUT2D eigenvalue weighted by Gasteiger charge is 2.16. The van der Waals surface area contributed by atoms with Gasteiger partial charge in [0.05, 0.1) is 4.92 Å². The van der Waals surface area contributed by atoms with E-state index in [9.17, 15) is 19.3 Å². The van der Waals surface area contributed by atoms with Crippen LogP contribution in [0.2, 0.25) is 0 Å². The molecule has 17 heavy (non-hydrogen) atoms. The summed E-state index contributed by atoms with van der Waals surface area (Å²) >= 11 is 0. The van der Waals surface area contributed by atoms with E-state index < -0.39 is 22.3 Å². The number of benzene rings is 1. The van der Waals surface area contributed by atoms with Crippen molar-refractivity contribution < 1.29 is 14.1 Å². The van der Waals surface area contributed by atoms with Gasteiger partial charge in [-0.2, -0.15) is 4.39 Å². The van der Waals surface area contributed by atoms with Crippen molar-refractivity contribution >= 4 is 11.6 Å². The van der Waals surface area contributed by atoms with Crippen molar-refractivity contribution in [2.24, 2.45) is 0 Å². The molecular weight excluding hydrogens is 227 g/mol. The van der Waals surface area contributed by atoms with Crippen molar-refractivity contribution in [2.45, 2.75) is 6.42 Å². The molecule has 0 unspecified atom stereocenters. The smallest absolute Gasteiger partial charge is 0.304 e. The molecule has 1 aromatic carbocycles. The molecule has 0 aliphatic carbocycles. The first-order valence-corrected chi connectivity index (χ1v) is 4.89. The molecule has 0 heterocycles. The van der Waals surface area contributed by atoms with Gasteiger partial charge in [-0.05, 0) is 18.6 Å². The molecule has 0 aliphatic rings. The predicted molar refractivity (Wildman–Crippen MR) is 60.2 cm³/mol. The number of halogens is 1. The Morgan fingerprint density at radius 2 is 2.29 bits per heavy atom. The Morgan fingerprint density at radius 1 is 1.59 bits per heavy atom. The number of nitrogens with one attached hydrogen (secondary N) is 1. The van der Waals surface area contributed by atoms with E-state index in [1.54, 1.807) is 6.08 Å². The maximum absolute atomic E-state index is 13.2. The number of hydrogen-bond donors (Lipinski definition) is 1. The number of carbonyl (C=O) groups excluding carboxylic acids is 1. The standard InChI is InChI=1S/C11H11FN2O3/c1-2-3-6-13-11(15)8-4-5-10(14(16)17)9(12)7-8/h2,4-5,7H,1,3,6H2,(H,13,15). The van der Waals surface area contributed by atoms with E-state index in [0.29, 0.717) is 13.0 Å². The number of hydrogen-bond acceptors (Lipinski definition) is 3. The van der Waals surface area contributed by atoms with Gasteiger partial charge in [-0.25, -0.2) is 0 Å². The van der Waals surface area contributed by atoms with Gasteiger partial charge in [0.15, 0.2) is 0 Å². The zero-order valence-corrected chi connectivity index (χ0v) is 8.98. The number of rotatable bonds is 5. The van der Waals surface area contributed by atoms with Crippen LogP contribution in [0.3, 0.4) is 0 Å². The van der Waals surface area contributed by atoms with E-state index >= 15 is 0 Å². The summed E-state index contributed by atoms with van der Waals surface area (Å²) in [4.78, 5) is 21.0.